The SMILES string of the molecule is CC(C)(C)C(CCO)n1c(C2CC2)nc2cc(N)ccc21. The molecule has 1 heterocycles. The maximum atomic E-state index is 9.51. The van der Waals surface area contributed by atoms with Gasteiger partial charge in [0.2, 0.25) is 0 Å². The predicted octanol–water partition coefficient (Wildman–Crippen LogP) is 3.47. The van der Waals surface area contributed by atoms with Crippen LogP contribution < -0.4 is 5.73 Å². The Labute approximate surface area is 126 Å². The number of aromatic nitrogens is 2. The van der Waals surface area contributed by atoms with E-state index in [4.69, 9.17) is 10.7 Å². The molecule has 21 heavy (non-hydrogen) atoms. The zero-order chi connectivity index (χ0) is 15.2. The molecule has 1 aliphatic rings. The molecule has 3 rings (SSSR count). The highest BCUT2D eigenvalue weighted by Crippen LogP contribution is 2.45. The number of nitrogens with zero attached hydrogens (tertiary/aromatic N) is 2. The van der Waals surface area contributed by atoms with E-state index in [-0.39, 0.29) is 18.1 Å². The number of rotatable bonds is 4. The fourth-order valence-corrected chi connectivity index (χ4v) is 3.16. The molecule has 114 valence electrons. The van der Waals surface area contributed by atoms with E-state index < -0.39 is 0 Å². The predicted molar refractivity (Wildman–Crippen MR) is 86.3 cm³/mol. The number of aliphatic hydroxyl groups excluding tert-OH is 1. The van der Waals surface area contributed by atoms with Gasteiger partial charge < -0.3 is 15.4 Å². The van der Waals surface area contributed by atoms with Crippen LogP contribution in [0.4, 0.5) is 5.69 Å². The number of aliphatic hydroxyl groups is 1. The Kier molecular flexibility index (Phi) is 3.44. The second-order valence-corrected chi connectivity index (χ2v) is 7.26. The Morgan fingerprint density at radius 1 is 1.38 bits per heavy atom. The molecule has 1 aliphatic carbocycles. The van der Waals surface area contributed by atoms with E-state index in [9.17, 15) is 5.11 Å². The molecule has 4 heteroatoms. The monoisotopic (exact) mass is 287 g/mol. The highest BCUT2D eigenvalue weighted by atomic mass is 16.3. The van der Waals surface area contributed by atoms with Crippen molar-refractivity contribution in [2.45, 2.75) is 52.0 Å². The molecule has 1 atom stereocenters. The maximum absolute atomic E-state index is 9.51. The molecule has 2 aromatic rings. The third-order valence-corrected chi connectivity index (χ3v) is 4.40. The molecular weight excluding hydrogens is 262 g/mol. The van der Waals surface area contributed by atoms with Crippen LogP contribution in [-0.4, -0.2) is 21.3 Å². The summed E-state index contributed by atoms with van der Waals surface area (Å²) in [7, 11) is 0. The van der Waals surface area contributed by atoms with Crippen molar-refractivity contribution < 1.29 is 5.11 Å². The van der Waals surface area contributed by atoms with Crippen LogP contribution in [0.5, 0.6) is 0 Å². The smallest absolute Gasteiger partial charge is 0.113 e. The quantitative estimate of drug-likeness (QED) is 0.846. The van der Waals surface area contributed by atoms with Crippen LogP contribution in [0.2, 0.25) is 0 Å². The number of nitrogens with two attached hydrogens (primary N) is 1. The number of hydrogen-bond acceptors (Lipinski definition) is 3. The van der Waals surface area contributed by atoms with E-state index in [1.165, 1.54) is 18.7 Å². The van der Waals surface area contributed by atoms with Crippen molar-refractivity contribution in [3.63, 3.8) is 0 Å². The van der Waals surface area contributed by atoms with Gasteiger partial charge in [0, 0.05) is 24.3 Å². The Morgan fingerprint density at radius 2 is 2.10 bits per heavy atom. The summed E-state index contributed by atoms with van der Waals surface area (Å²) in [6.45, 7) is 6.88. The minimum Gasteiger partial charge on any atom is -0.399 e. The number of imidazole rings is 1. The van der Waals surface area contributed by atoms with Crippen LogP contribution in [0.3, 0.4) is 0 Å². The number of benzene rings is 1. The first kappa shape index (κ1) is 14.4. The molecule has 1 unspecified atom stereocenters. The Bertz CT molecular complexity index is 650. The molecule has 0 bridgehead atoms. The van der Waals surface area contributed by atoms with E-state index in [2.05, 4.69) is 31.4 Å². The summed E-state index contributed by atoms with van der Waals surface area (Å²) in [5.74, 6) is 1.74. The largest absolute Gasteiger partial charge is 0.399 e. The van der Waals surface area contributed by atoms with Gasteiger partial charge in [-0.15, -0.1) is 0 Å². The van der Waals surface area contributed by atoms with Crippen LogP contribution >= 0.6 is 0 Å². The van der Waals surface area contributed by atoms with Gasteiger partial charge in [-0.3, -0.25) is 0 Å². The molecule has 1 aromatic heterocycles. The molecular formula is C17H25N3O. The zero-order valence-corrected chi connectivity index (χ0v) is 13.1. The van der Waals surface area contributed by atoms with Gasteiger partial charge in [0.15, 0.2) is 0 Å². The summed E-state index contributed by atoms with van der Waals surface area (Å²) in [4.78, 5) is 4.85. The molecule has 1 fully saturated rings. The topological polar surface area (TPSA) is 64.1 Å². The Morgan fingerprint density at radius 3 is 2.67 bits per heavy atom. The van der Waals surface area contributed by atoms with E-state index in [0.717, 1.165) is 23.1 Å². The summed E-state index contributed by atoms with van der Waals surface area (Å²) in [6, 6.07) is 6.21. The van der Waals surface area contributed by atoms with Gasteiger partial charge >= 0.3 is 0 Å². The summed E-state index contributed by atoms with van der Waals surface area (Å²) in [5.41, 5.74) is 8.85. The number of nitrogen functional groups attached to an aromatic ring is 1. The summed E-state index contributed by atoms with van der Waals surface area (Å²) in [5, 5.41) is 9.51. The summed E-state index contributed by atoms with van der Waals surface area (Å²) < 4.78 is 2.36. The molecule has 0 aliphatic heterocycles. The van der Waals surface area contributed by atoms with Crippen molar-refractivity contribution in [1.29, 1.82) is 0 Å². The second kappa shape index (κ2) is 5.02. The first-order valence-corrected chi connectivity index (χ1v) is 7.80. The van der Waals surface area contributed by atoms with Crippen LogP contribution in [0.15, 0.2) is 18.2 Å². The first-order valence-electron chi connectivity index (χ1n) is 7.80. The second-order valence-electron chi connectivity index (χ2n) is 7.26. The minimum atomic E-state index is 0.0708. The highest BCUT2D eigenvalue weighted by Gasteiger charge is 2.35. The molecule has 0 amide bonds. The van der Waals surface area contributed by atoms with E-state index in [0.29, 0.717) is 5.92 Å². The Balaban J connectivity index is 2.20. The minimum absolute atomic E-state index is 0.0708. The lowest BCUT2D eigenvalue weighted by molar-refractivity contribution is 0.178. The van der Waals surface area contributed by atoms with Crippen LogP contribution in [0.1, 0.15) is 57.8 Å². The number of hydrogen-bond donors (Lipinski definition) is 2. The number of fused-ring (bicyclic) bond motifs is 1. The van der Waals surface area contributed by atoms with Crippen molar-refractivity contribution >= 4 is 16.7 Å². The van der Waals surface area contributed by atoms with Crippen molar-refractivity contribution in [3.05, 3.63) is 24.0 Å². The summed E-state index contributed by atoms with van der Waals surface area (Å²) in [6.07, 6.45) is 3.18. The summed E-state index contributed by atoms with van der Waals surface area (Å²) >= 11 is 0. The molecule has 0 saturated heterocycles. The zero-order valence-electron chi connectivity index (χ0n) is 13.1. The molecule has 4 nitrogen and oxygen atoms in total. The first-order chi connectivity index (χ1) is 9.91. The van der Waals surface area contributed by atoms with Crippen LogP contribution in [-0.2, 0) is 0 Å². The van der Waals surface area contributed by atoms with E-state index >= 15 is 0 Å². The fraction of sp³-hybridized carbons (Fsp3) is 0.588. The molecule has 1 aromatic carbocycles. The lowest BCUT2D eigenvalue weighted by atomic mass is 9.84. The molecule has 1 saturated carbocycles. The average Bonchev–Trinajstić information content (AvgIpc) is 3.17. The number of anilines is 1. The lowest BCUT2D eigenvalue weighted by Crippen LogP contribution is -2.26. The standard InChI is InChI=1S/C17H25N3O/c1-17(2,3)15(8-9-21)20-14-7-6-12(18)10-13(14)19-16(20)11-4-5-11/h6-7,10-11,15,21H,4-5,8-9,18H2,1-3H3. The average molecular weight is 287 g/mol. The molecule has 0 spiro atoms. The van der Waals surface area contributed by atoms with Crippen molar-refractivity contribution in [2.24, 2.45) is 5.41 Å². The lowest BCUT2D eigenvalue weighted by Gasteiger charge is -2.33. The van der Waals surface area contributed by atoms with Gasteiger partial charge in [-0.1, -0.05) is 20.8 Å². The molecule has 3 N–H and O–H groups in total. The highest BCUT2D eigenvalue weighted by molar-refractivity contribution is 5.80. The van der Waals surface area contributed by atoms with Crippen molar-refractivity contribution in [3.8, 4) is 0 Å². The van der Waals surface area contributed by atoms with E-state index in [1.54, 1.807) is 0 Å². The van der Waals surface area contributed by atoms with Crippen LogP contribution in [0.25, 0.3) is 11.0 Å². The van der Waals surface area contributed by atoms with Gasteiger partial charge in [0.05, 0.1) is 11.0 Å². The maximum Gasteiger partial charge on any atom is 0.113 e. The van der Waals surface area contributed by atoms with Gasteiger partial charge in [-0.2, -0.15) is 0 Å². The van der Waals surface area contributed by atoms with Gasteiger partial charge in [-0.25, -0.2) is 4.98 Å². The third-order valence-electron chi connectivity index (χ3n) is 4.40. The Hall–Kier alpha value is -1.55. The normalized spacial score (nSPS) is 17.3. The van der Waals surface area contributed by atoms with Crippen molar-refractivity contribution in [1.82, 2.24) is 9.55 Å². The fourth-order valence-electron chi connectivity index (χ4n) is 3.16. The van der Waals surface area contributed by atoms with Crippen LogP contribution in [0, 0.1) is 5.41 Å². The molecule has 0 radical (unpaired) electrons. The third kappa shape index (κ3) is 2.64. The van der Waals surface area contributed by atoms with Gasteiger partial charge in [0.1, 0.15) is 5.82 Å². The van der Waals surface area contributed by atoms with E-state index in [1.807, 2.05) is 12.1 Å². The van der Waals surface area contributed by atoms with Gasteiger partial charge in [-0.05, 0) is 42.9 Å². The van der Waals surface area contributed by atoms with Gasteiger partial charge in [0.25, 0.3) is 0 Å². The van der Waals surface area contributed by atoms with Crippen molar-refractivity contribution in [2.75, 3.05) is 12.3 Å².